The molecule has 2 N–H and O–H groups in total. The van der Waals surface area contributed by atoms with Crippen LogP contribution >= 0.6 is 11.6 Å². The molecule has 0 aliphatic heterocycles. The van der Waals surface area contributed by atoms with E-state index in [1.807, 2.05) is 18.2 Å². The SMILES string of the molecule is CC(N)Oc1cnc(-c2ccccc2Cl)nc1. The van der Waals surface area contributed by atoms with Gasteiger partial charge >= 0.3 is 0 Å². The maximum atomic E-state index is 6.05. The van der Waals surface area contributed by atoms with E-state index in [9.17, 15) is 0 Å². The maximum Gasteiger partial charge on any atom is 0.160 e. The lowest BCUT2D eigenvalue weighted by molar-refractivity contribution is 0.228. The number of nitrogens with zero attached hydrogens (tertiary/aromatic N) is 2. The van der Waals surface area contributed by atoms with E-state index >= 15 is 0 Å². The maximum absolute atomic E-state index is 6.05. The monoisotopic (exact) mass is 249 g/mol. The van der Waals surface area contributed by atoms with Gasteiger partial charge in [0.15, 0.2) is 11.6 Å². The Hall–Kier alpha value is -1.65. The molecule has 4 nitrogen and oxygen atoms in total. The summed E-state index contributed by atoms with van der Waals surface area (Å²) in [5, 5.41) is 0.619. The molecular formula is C12H12ClN3O. The van der Waals surface area contributed by atoms with E-state index in [2.05, 4.69) is 9.97 Å². The molecule has 0 amide bonds. The van der Waals surface area contributed by atoms with Gasteiger partial charge in [0.1, 0.15) is 6.23 Å². The number of hydrogen-bond donors (Lipinski definition) is 1. The molecule has 0 radical (unpaired) electrons. The second kappa shape index (κ2) is 5.12. The lowest BCUT2D eigenvalue weighted by atomic mass is 10.2. The van der Waals surface area contributed by atoms with Crippen LogP contribution in [0.4, 0.5) is 0 Å². The smallest absolute Gasteiger partial charge is 0.160 e. The molecule has 5 heteroatoms. The minimum Gasteiger partial charge on any atom is -0.473 e. The third-order valence-corrected chi connectivity index (χ3v) is 2.39. The number of halogens is 1. The molecule has 0 bridgehead atoms. The van der Waals surface area contributed by atoms with Crippen molar-refractivity contribution in [2.45, 2.75) is 13.2 Å². The fourth-order valence-electron chi connectivity index (χ4n) is 1.37. The highest BCUT2D eigenvalue weighted by molar-refractivity contribution is 6.33. The molecule has 1 unspecified atom stereocenters. The summed E-state index contributed by atoms with van der Waals surface area (Å²) in [5.41, 5.74) is 6.29. The van der Waals surface area contributed by atoms with Crippen LogP contribution < -0.4 is 10.5 Å². The summed E-state index contributed by atoms with van der Waals surface area (Å²) in [5.74, 6) is 1.10. The van der Waals surface area contributed by atoms with Gasteiger partial charge in [0.25, 0.3) is 0 Å². The molecular weight excluding hydrogens is 238 g/mol. The van der Waals surface area contributed by atoms with Crippen molar-refractivity contribution in [2.75, 3.05) is 0 Å². The van der Waals surface area contributed by atoms with Crippen LogP contribution in [-0.4, -0.2) is 16.2 Å². The number of hydrogen-bond acceptors (Lipinski definition) is 4. The zero-order chi connectivity index (χ0) is 12.3. The van der Waals surface area contributed by atoms with Crippen molar-refractivity contribution in [1.29, 1.82) is 0 Å². The van der Waals surface area contributed by atoms with Crippen LogP contribution in [0.1, 0.15) is 6.92 Å². The highest BCUT2D eigenvalue weighted by atomic mass is 35.5. The van der Waals surface area contributed by atoms with Gasteiger partial charge in [0.05, 0.1) is 17.4 Å². The summed E-state index contributed by atoms with van der Waals surface area (Å²) in [6.45, 7) is 1.74. The fraction of sp³-hybridized carbons (Fsp3) is 0.167. The van der Waals surface area contributed by atoms with E-state index in [1.165, 1.54) is 0 Å². The predicted octanol–water partition coefficient (Wildman–Crippen LogP) is 2.48. The molecule has 1 heterocycles. The first-order chi connectivity index (χ1) is 8.16. The van der Waals surface area contributed by atoms with Crippen molar-refractivity contribution >= 4 is 11.6 Å². The summed E-state index contributed by atoms with van der Waals surface area (Å²) in [6, 6.07) is 7.41. The van der Waals surface area contributed by atoms with Gasteiger partial charge in [0, 0.05) is 5.56 Å². The number of rotatable bonds is 3. The number of aromatic nitrogens is 2. The first kappa shape index (κ1) is 11.8. The van der Waals surface area contributed by atoms with E-state index in [-0.39, 0.29) is 6.23 Å². The minimum absolute atomic E-state index is 0.384. The van der Waals surface area contributed by atoms with Crippen LogP contribution in [0.3, 0.4) is 0 Å². The zero-order valence-corrected chi connectivity index (χ0v) is 10.1. The zero-order valence-electron chi connectivity index (χ0n) is 9.30. The normalized spacial score (nSPS) is 12.2. The molecule has 0 spiro atoms. The highest BCUT2D eigenvalue weighted by Crippen LogP contribution is 2.24. The van der Waals surface area contributed by atoms with Crippen molar-refractivity contribution in [3.8, 4) is 17.1 Å². The predicted molar refractivity (Wildman–Crippen MR) is 66.8 cm³/mol. The second-order valence-electron chi connectivity index (χ2n) is 3.55. The van der Waals surface area contributed by atoms with Crippen molar-refractivity contribution in [1.82, 2.24) is 9.97 Å². The van der Waals surface area contributed by atoms with Crippen LogP contribution in [0.2, 0.25) is 5.02 Å². The molecule has 2 rings (SSSR count). The van der Waals surface area contributed by atoms with Gasteiger partial charge in [0.2, 0.25) is 0 Å². The summed E-state index contributed by atoms with van der Waals surface area (Å²) >= 11 is 6.05. The van der Waals surface area contributed by atoms with E-state index in [1.54, 1.807) is 25.4 Å². The topological polar surface area (TPSA) is 61.0 Å². The molecule has 17 heavy (non-hydrogen) atoms. The molecule has 1 atom stereocenters. The molecule has 0 aliphatic rings. The minimum atomic E-state index is -0.384. The van der Waals surface area contributed by atoms with Crippen LogP contribution in [0.25, 0.3) is 11.4 Å². The van der Waals surface area contributed by atoms with E-state index in [0.29, 0.717) is 16.6 Å². The van der Waals surface area contributed by atoms with Crippen LogP contribution in [0, 0.1) is 0 Å². The Labute approximate surface area is 104 Å². The van der Waals surface area contributed by atoms with Crippen molar-refractivity contribution in [2.24, 2.45) is 5.73 Å². The molecule has 88 valence electrons. The fourth-order valence-corrected chi connectivity index (χ4v) is 1.59. The Morgan fingerprint density at radius 1 is 1.24 bits per heavy atom. The van der Waals surface area contributed by atoms with Gasteiger partial charge in [-0.05, 0) is 19.1 Å². The largest absolute Gasteiger partial charge is 0.473 e. The van der Waals surface area contributed by atoms with Crippen LogP contribution in [0.15, 0.2) is 36.7 Å². The third-order valence-electron chi connectivity index (χ3n) is 2.06. The van der Waals surface area contributed by atoms with Crippen molar-refractivity contribution in [3.05, 3.63) is 41.7 Å². The van der Waals surface area contributed by atoms with Gasteiger partial charge in [-0.1, -0.05) is 23.7 Å². The van der Waals surface area contributed by atoms with E-state index in [0.717, 1.165) is 5.56 Å². The van der Waals surface area contributed by atoms with Gasteiger partial charge < -0.3 is 4.74 Å². The molecule has 2 aromatic rings. The van der Waals surface area contributed by atoms with Crippen LogP contribution in [-0.2, 0) is 0 Å². The Bertz CT molecular complexity index is 499. The molecule has 1 aromatic carbocycles. The Kier molecular flexibility index (Phi) is 3.56. The third kappa shape index (κ3) is 2.93. The second-order valence-corrected chi connectivity index (χ2v) is 3.95. The van der Waals surface area contributed by atoms with Crippen molar-refractivity contribution in [3.63, 3.8) is 0 Å². The summed E-state index contributed by atoms with van der Waals surface area (Å²) in [6.07, 6.45) is 2.77. The molecule has 0 aliphatic carbocycles. The van der Waals surface area contributed by atoms with E-state index in [4.69, 9.17) is 22.1 Å². The first-order valence-electron chi connectivity index (χ1n) is 5.16. The lowest BCUT2D eigenvalue weighted by Crippen LogP contribution is -2.22. The van der Waals surface area contributed by atoms with Gasteiger partial charge in [-0.25, -0.2) is 9.97 Å². The molecule has 0 fully saturated rings. The van der Waals surface area contributed by atoms with Gasteiger partial charge in [-0.3, -0.25) is 5.73 Å². The van der Waals surface area contributed by atoms with Gasteiger partial charge in [-0.2, -0.15) is 0 Å². The van der Waals surface area contributed by atoms with Crippen molar-refractivity contribution < 1.29 is 4.74 Å². The average molecular weight is 250 g/mol. The Morgan fingerprint density at radius 3 is 2.47 bits per heavy atom. The number of benzene rings is 1. The lowest BCUT2D eigenvalue weighted by Gasteiger charge is -2.09. The summed E-state index contributed by atoms with van der Waals surface area (Å²) in [7, 11) is 0. The summed E-state index contributed by atoms with van der Waals surface area (Å²) in [4.78, 5) is 8.37. The summed E-state index contributed by atoms with van der Waals surface area (Å²) < 4.78 is 5.26. The van der Waals surface area contributed by atoms with Crippen LogP contribution in [0.5, 0.6) is 5.75 Å². The Balaban J connectivity index is 2.27. The average Bonchev–Trinajstić information content (AvgIpc) is 2.30. The molecule has 0 saturated heterocycles. The standard InChI is InChI=1S/C12H12ClN3O/c1-8(14)17-9-6-15-12(16-7-9)10-4-2-3-5-11(10)13/h2-8H,14H2,1H3. The Morgan fingerprint density at radius 2 is 1.88 bits per heavy atom. The first-order valence-corrected chi connectivity index (χ1v) is 5.54. The quantitative estimate of drug-likeness (QED) is 0.849. The van der Waals surface area contributed by atoms with E-state index < -0.39 is 0 Å². The molecule has 1 aromatic heterocycles. The number of nitrogens with two attached hydrogens (primary N) is 1. The highest BCUT2D eigenvalue weighted by Gasteiger charge is 2.06. The van der Waals surface area contributed by atoms with Gasteiger partial charge in [-0.15, -0.1) is 0 Å². The number of ether oxygens (including phenoxy) is 1. The molecule has 0 saturated carbocycles.